The second-order valence-corrected chi connectivity index (χ2v) is 22.9. The van der Waals surface area contributed by atoms with Crippen molar-refractivity contribution in [3.8, 4) is 22.9 Å². The molecule has 0 spiro atoms. The van der Waals surface area contributed by atoms with Crippen molar-refractivity contribution in [2.75, 3.05) is 39.1 Å². The van der Waals surface area contributed by atoms with Gasteiger partial charge in [0.1, 0.15) is 39.3 Å². The van der Waals surface area contributed by atoms with E-state index in [0.29, 0.717) is 46.6 Å². The molecule has 1 saturated heterocycles. The summed E-state index contributed by atoms with van der Waals surface area (Å²) in [6.45, 7) is 6.05. The number of fused-ring (bicyclic) bond motifs is 1. The summed E-state index contributed by atoms with van der Waals surface area (Å²) in [5.74, 6) is -0.704. The van der Waals surface area contributed by atoms with E-state index in [0.717, 1.165) is 80.7 Å². The van der Waals surface area contributed by atoms with Gasteiger partial charge >= 0.3 is 12.0 Å². The van der Waals surface area contributed by atoms with Crippen LogP contribution in [0.3, 0.4) is 0 Å². The summed E-state index contributed by atoms with van der Waals surface area (Å²) in [4.78, 5) is 52.2. The van der Waals surface area contributed by atoms with Gasteiger partial charge in [0.15, 0.2) is 5.13 Å². The van der Waals surface area contributed by atoms with Crippen molar-refractivity contribution >= 4 is 66.6 Å². The van der Waals surface area contributed by atoms with E-state index in [-0.39, 0.29) is 48.1 Å². The third-order valence-electron chi connectivity index (χ3n) is 13.5. The Morgan fingerprint density at radius 2 is 1.81 bits per heavy atom. The lowest BCUT2D eigenvalue weighted by Gasteiger charge is -2.34. The molecule has 6 N–H and O–H groups in total. The smallest absolute Gasteiger partial charge is 0.329 e. The van der Waals surface area contributed by atoms with Crippen LogP contribution in [0.25, 0.3) is 22.3 Å². The summed E-state index contributed by atoms with van der Waals surface area (Å²) in [6, 6.07) is 8.61. The van der Waals surface area contributed by atoms with Gasteiger partial charge < -0.3 is 41.0 Å². The lowest BCUT2D eigenvalue weighted by Crippen LogP contribution is -2.56. The number of aliphatic hydroxyl groups excluding tert-OH is 1. The first-order chi connectivity index (χ1) is 32.6. The van der Waals surface area contributed by atoms with Crippen LogP contribution in [0.4, 0.5) is 9.93 Å². The van der Waals surface area contributed by atoms with Crippen LogP contribution in [0.15, 0.2) is 51.4 Å². The summed E-state index contributed by atoms with van der Waals surface area (Å²) >= 11 is 2.60. The number of thiazole rings is 1. The fourth-order valence-electron chi connectivity index (χ4n) is 9.66. The maximum Gasteiger partial charge on any atom is 0.329 e. The number of rotatable bonds is 24. The zero-order valence-corrected chi connectivity index (χ0v) is 42.2. The standard InChI is InChI=1S/C48H68N8O9S3/c1-6-7-8-9-13-17-32-25-48(32,45(59)60)54-44(58)40-23-34(65-41-24-37(39-29-67-47(53-39)50-30(2)3)51-36-22-33(64-5)19-20-35(36)41)27-56(40)42(57)26-49-46(61)52-38(31-15-11-10-12-16-31)28-55(4)68(62,63)43-18-14-21-66-43/h14,18-22,24,29-32,34,38,40,42,57H,6-13,15-17,23,25-28H2,1-5H3,(H,50,53)(H,54,58)(H,59,60)(H2,49,52,61)/t32?,34-,38?,40+,42?,48?/m1/s1. The normalized spacial score (nSPS) is 22.0. The molecule has 3 aliphatic rings. The van der Waals surface area contributed by atoms with E-state index in [1.165, 1.54) is 22.7 Å². The van der Waals surface area contributed by atoms with Gasteiger partial charge in [0.2, 0.25) is 5.91 Å². The van der Waals surface area contributed by atoms with Crippen molar-refractivity contribution in [1.29, 1.82) is 0 Å². The van der Waals surface area contributed by atoms with Crippen LogP contribution in [0, 0.1) is 11.8 Å². The number of aromatic nitrogens is 2. The van der Waals surface area contributed by atoms with Crippen molar-refractivity contribution in [2.24, 2.45) is 11.8 Å². The zero-order valence-electron chi connectivity index (χ0n) is 39.7. The van der Waals surface area contributed by atoms with Gasteiger partial charge in [-0.1, -0.05) is 64.4 Å². The number of unbranched alkanes of at least 4 members (excludes halogenated alkanes) is 4. The van der Waals surface area contributed by atoms with E-state index < -0.39 is 57.9 Å². The second-order valence-electron chi connectivity index (χ2n) is 18.8. The van der Waals surface area contributed by atoms with Gasteiger partial charge in [0.05, 0.1) is 30.9 Å². The molecule has 3 aromatic heterocycles. The molecule has 0 radical (unpaired) electrons. The fraction of sp³-hybridized carbons (Fsp3) is 0.604. The first-order valence-corrected chi connectivity index (χ1v) is 27.2. The molecule has 1 aromatic carbocycles. The largest absolute Gasteiger partial charge is 0.497 e. The quantitative estimate of drug-likeness (QED) is 0.0380. The van der Waals surface area contributed by atoms with Crippen LogP contribution >= 0.6 is 22.7 Å². The molecule has 7 rings (SSSR count). The summed E-state index contributed by atoms with van der Waals surface area (Å²) in [6.07, 6.45) is 8.95. The maximum absolute atomic E-state index is 14.4. The second kappa shape index (κ2) is 22.9. The van der Waals surface area contributed by atoms with Gasteiger partial charge in [-0.05, 0) is 74.9 Å². The number of anilines is 1. The third-order valence-corrected chi connectivity index (χ3v) is 17.5. The highest BCUT2D eigenvalue weighted by molar-refractivity contribution is 7.91. The highest BCUT2D eigenvalue weighted by Crippen LogP contribution is 2.48. The number of nitrogens with one attached hydrogen (secondary N) is 4. The number of carbonyl (C=O) groups is 3. The fourth-order valence-corrected chi connectivity index (χ4v) is 12.9. The first-order valence-electron chi connectivity index (χ1n) is 24.0. The number of likely N-dealkylation sites (tertiary alicyclic amines) is 1. The van der Waals surface area contributed by atoms with Gasteiger partial charge in [-0.2, -0.15) is 4.31 Å². The number of nitrogens with zero attached hydrogens (tertiary/aromatic N) is 4. The Hall–Kier alpha value is -4.60. The number of ether oxygens (including phenoxy) is 2. The topological polar surface area (TPSA) is 225 Å². The van der Waals surface area contributed by atoms with Gasteiger partial charge in [-0.3, -0.25) is 9.69 Å². The van der Waals surface area contributed by atoms with Crippen LogP contribution in [0.5, 0.6) is 11.5 Å². The van der Waals surface area contributed by atoms with Crippen LogP contribution in [0.2, 0.25) is 0 Å². The first kappa shape index (κ1) is 51.3. The number of methoxy groups -OCH3 is 1. The van der Waals surface area contributed by atoms with E-state index in [4.69, 9.17) is 19.4 Å². The highest BCUT2D eigenvalue weighted by Gasteiger charge is 2.62. The Kier molecular flexibility index (Phi) is 17.2. The number of benzene rings is 1. The zero-order chi connectivity index (χ0) is 48.6. The van der Waals surface area contributed by atoms with Crippen molar-refractivity contribution < 1.29 is 42.5 Å². The molecule has 4 heterocycles. The lowest BCUT2D eigenvalue weighted by molar-refractivity contribution is -0.145. The molecule has 68 heavy (non-hydrogen) atoms. The molecule has 2 saturated carbocycles. The van der Waals surface area contributed by atoms with Crippen LogP contribution in [0.1, 0.15) is 104 Å². The van der Waals surface area contributed by atoms with Gasteiger partial charge in [0.25, 0.3) is 10.0 Å². The number of carbonyl (C=O) groups excluding carboxylic acids is 2. The predicted molar refractivity (Wildman–Crippen MR) is 265 cm³/mol. The number of amides is 3. The van der Waals surface area contributed by atoms with Crippen molar-refractivity contribution in [1.82, 2.24) is 35.1 Å². The molecule has 2 aliphatic carbocycles. The molecule has 20 heteroatoms. The summed E-state index contributed by atoms with van der Waals surface area (Å²) < 4.78 is 40.6. The van der Waals surface area contributed by atoms with E-state index in [2.05, 4.69) is 28.2 Å². The highest BCUT2D eigenvalue weighted by atomic mass is 32.2. The lowest BCUT2D eigenvalue weighted by atomic mass is 9.84. The summed E-state index contributed by atoms with van der Waals surface area (Å²) in [5, 5.41) is 39.5. The third kappa shape index (κ3) is 12.4. The molecule has 4 unspecified atom stereocenters. The minimum absolute atomic E-state index is 0.0502. The minimum atomic E-state index is -3.77. The predicted octanol–water partition coefficient (Wildman–Crippen LogP) is 7.28. The molecule has 6 atom stereocenters. The van der Waals surface area contributed by atoms with E-state index in [1.807, 2.05) is 43.5 Å². The molecule has 372 valence electrons. The molecular weight excluding hydrogens is 929 g/mol. The van der Waals surface area contributed by atoms with Gasteiger partial charge in [-0.15, -0.1) is 22.7 Å². The molecule has 17 nitrogen and oxygen atoms in total. The Morgan fingerprint density at radius 3 is 2.51 bits per heavy atom. The number of aliphatic carboxylic acids is 1. The van der Waals surface area contributed by atoms with Gasteiger partial charge in [0, 0.05) is 61.5 Å². The number of hydrogen-bond donors (Lipinski definition) is 6. The molecule has 3 fully saturated rings. The average Bonchev–Trinajstić information content (AvgIpc) is 3.79. The van der Waals surface area contributed by atoms with E-state index in [1.54, 1.807) is 29.5 Å². The number of sulfonamides is 1. The van der Waals surface area contributed by atoms with E-state index >= 15 is 0 Å². The maximum atomic E-state index is 14.4. The van der Waals surface area contributed by atoms with Crippen molar-refractivity contribution in [2.45, 2.75) is 144 Å². The number of likely N-dealkylation sites (N-methyl/N-ethyl adjacent to an activating group) is 1. The Labute approximate surface area is 407 Å². The molecule has 3 amide bonds. The SMILES string of the molecule is CCCCCCCC1CC1(NC(=O)[C@@H]1C[C@@H](Oc2cc(-c3csc(NC(C)C)n3)nc3cc(OC)ccc23)CN1C(O)CNC(=O)NC(CN(C)S(=O)(=O)c1cccs1)C1CCCCC1)C(=O)O. The number of carboxylic acids is 1. The van der Waals surface area contributed by atoms with Crippen LogP contribution < -0.4 is 30.7 Å². The summed E-state index contributed by atoms with van der Waals surface area (Å²) in [7, 11) is -0.677. The van der Waals surface area contributed by atoms with E-state index in [9.17, 15) is 33.0 Å². The number of aliphatic hydroxyl groups is 1. The monoisotopic (exact) mass is 996 g/mol. The Bertz CT molecular complexity index is 2450. The van der Waals surface area contributed by atoms with Crippen LogP contribution in [-0.4, -0.2) is 125 Å². The number of urea groups is 1. The molecule has 0 bridgehead atoms. The number of hydrogen-bond acceptors (Lipinski definition) is 14. The molecule has 4 aromatic rings. The molecule has 1 aliphatic heterocycles. The summed E-state index contributed by atoms with van der Waals surface area (Å²) in [5.41, 5.74) is 0.401. The van der Waals surface area contributed by atoms with Crippen molar-refractivity contribution in [3.05, 3.63) is 47.2 Å². The number of thiophene rings is 1. The minimum Gasteiger partial charge on any atom is -0.497 e. The van der Waals surface area contributed by atoms with Gasteiger partial charge in [-0.25, -0.2) is 28.0 Å². The van der Waals surface area contributed by atoms with Crippen molar-refractivity contribution in [3.63, 3.8) is 0 Å². The molecular formula is C48H68N8O9S3. The number of carboxylic acid groups (broad SMARTS) is 1. The Morgan fingerprint density at radius 1 is 1.03 bits per heavy atom. The average molecular weight is 997 g/mol. The Balaban J connectivity index is 1.10. The number of pyridine rings is 1. The van der Waals surface area contributed by atoms with Crippen LogP contribution in [-0.2, 0) is 19.6 Å².